The number of nitrogens with two attached hydrogens (primary N) is 1. The Bertz CT molecular complexity index is 694. The van der Waals surface area contributed by atoms with Gasteiger partial charge in [-0.1, -0.05) is 12.6 Å². The smallest absolute Gasteiger partial charge is 0.229 e. The van der Waals surface area contributed by atoms with Crippen LogP contribution >= 0.6 is 11.3 Å². The van der Waals surface area contributed by atoms with Gasteiger partial charge in [-0.15, -0.1) is 11.3 Å². The van der Waals surface area contributed by atoms with Gasteiger partial charge in [-0.05, 0) is 17.9 Å². The minimum Gasteiger partial charge on any atom is -0.396 e. The third-order valence-electron chi connectivity index (χ3n) is 3.60. The molecule has 3 heterocycles. The van der Waals surface area contributed by atoms with Gasteiger partial charge >= 0.3 is 0 Å². The summed E-state index contributed by atoms with van der Waals surface area (Å²) >= 11 is 1.54. The fourth-order valence-corrected chi connectivity index (χ4v) is 3.46. The fourth-order valence-electron chi connectivity index (χ4n) is 2.61. The molecular formula is C14H17N5O2S. The maximum absolute atomic E-state index is 11.9. The highest BCUT2D eigenvalue weighted by Crippen LogP contribution is 2.38. The maximum Gasteiger partial charge on any atom is 0.229 e. The molecule has 0 saturated carbocycles. The Labute approximate surface area is 131 Å². The normalized spacial score (nSPS) is 20.5. The quantitative estimate of drug-likeness (QED) is 0.759. The zero-order chi connectivity index (χ0) is 15.7. The molecule has 116 valence electrons. The number of aromatic nitrogens is 3. The highest BCUT2D eigenvalue weighted by atomic mass is 32.1. The number of hydrogen-bond acceptors (Lipinski definition) is 6. The molecule has 22 heavy (non-hydrogen) atoms. The van der Waals surface area contributed by atoms with Crippen molar-refractivity contribution >= 4 is 23.2 Å². The van der Waals surface area contributed by atoms with Crippen molar-refractivity contribution in [1.82, 2.24) is 14.8 Å². The molecule has 4 N–H and O–H groups in total. The molecule has 8 heteroatoms. The molecule has 0 fully saturated rings. The van der Waals surface area contributed by atoms with Crippen LogP contribution in [0.3, 0.4) is 0 Å². The van der Waals surface area contributed by atoms with Crippen LogP contribution in [0.25, 0.3) is 0 Å². The summed E-state index contributed by atoms with van der Waals surface area (Å²) in [6.45, 7) is 4.00. The Morgan fingerprint density at radius 2 is 2.41 bits per heavy atom. The van der Waals surface area contributed by atoms with Gasteiger partial charge in [0.2, 0.25) is 11.9 Å². The number of thiophene rings is 1. The van der Waals surface area contributed by atoms with E-state index in [1.54, 1.807) is 4.68 Å². The average molecular weight is 319 g/mol. The van der Waals surface area contributed by atoms with Crippen molar-refractivity contribution < 1.29 is 9.90 Å². The van der Waals surface area contributed by atoms with Gasteiger partial charge < -0.3 is 16.2 Å². The Hall–Kier alpha value is -2.19. The third kappa shape index (κ3) is 2.51. The van der Waals surface area contributed by atoms with Gasteiger partial charge in [-0.2, -0.15) is 10.1 Å². The van der Waals surface area contributed by atoms with Gasteiger partial charge in [0.15, 0.2) is 5.82 Å². The predicted octanol–water partition coefficient (Wildman–Crippen LogP) is 0.895. The van der Waals surface area contributed by atoms with E-state index in [1.807, 2.05) is 17.5 Å². The number of primary amides is 1. The number of aliphatic hydroxyl groups excluding tert-OH is 1. The minimum atomic E-state index is -0.585. The molecule has 1 aliphatic heterocycles. The zero-order valence-corrected chi connectivity index (χ0v) is 12.7. The van der Waals surface area contributed by atoms with Crippen LogP contribution in [-0.4, -0.2) is 32.4 Å². The molecule has 0 saturated heterocycles. The van der Waals surface area contributed by atoms with Gasteiger partial charge in [0, 0.05) is 23.6 Å². The Balaban J connectivity index is 2.05. The van der Waals surface area contributed by atoms with Crippen molar-refractivity contribution in [2.45, 2.75) is 18.9 Å². The molecule has 2 aromatic rings. The van der Waals surface area contributed by atoms with E-state index < -0.39 is 11.8 Å². The van der Waals surface area contributed by atoms with Crippen LogP contribution in [0, 0.1) is 5.92 Å². The second kappa shape index (κ2) is 5.90. The second-order valence-corrected chi connectivity index (χ2v) is 6.09. The van der Waals surface area contributed by atoms with Gasteiger partial charge in [0.1, 0.15) is 12.0 Å². The summed E-state index contributed by atoms with van der Waals surface area (Å²) in [5, 5.41) is 18.4. The molecule has 0 aromatic carbocycles. The lowest BCUT2D eigenvalue weighted by Crippen LogP contribution is -2.39. The van der Waals surface area contributed by atoms with Crippen LogP contribution in [0.5, 0.6) is 0 Å². The van der Waals surface area contributed by atoms with E-state index >= 15 is 0 Å². The highest BCUT2D eigenvalue weighted by molar-refractivity contribution is 7.10. The number of aryl methyl sites for hydroxylation is 1. The molecule has 1 aliphatic rings. The molecule has 0 radical (unpaired) electrons. The lowest BCUT2D eigenvalue weighted by Gasteiger charge is -2.31. The molecule has 2 aromatic heterocycles. The van der Waals surface area contributed by atoms with Crippen LogP contribution in [0.1, 0.15) is 23.2 Å². The number of rotatable bonds is 5. The van der Waals surface area contributed by atoms with E-state index in [-0.39, 0.29) is 12.6 Å². The van der Waals surface area contributed by atoms with Crippen molar-refractivity contribution in [2.24, 2.45) is 11.7 Å². The van der Waals surface area contributed by atoms with Crippen LogP contribution in [-0.2, 0) is 11.2 Å². The van der Waals surface area contributed by atoms with Crippen molar-refractivity contribution in [3.05, 3.63) is 40.5 Å². The minimum absolute atomic E-state index is 0.0856. The van der Waals surface area contributed by atoms with Crippen molar-refractivity contribution in [3.8, 4) is 0 Å². The predicted molar refractivity (Wildman–Crippen MR) is 83.3 cm³/mol. The molecule has 0 unspecified atom stereocenters. The first-order chi connectivity index (χ1) is 10.6. The summed E-state index contributed by atoms with van der Waals surface area (Å²) in [7, 11) is 0. The summed E-state index contributed by atoms with van der Waals surface area (Å²) in [6.07, 6.45) is 1.16. The van der Waals surface area contributed by atoms with E-state index in [0.717, 1.165) is 4.88 Å². The molecular weight excluding hydrogens is 302 g/mol. The Morgan fingerprint density at radius 1 is 1.59 bits per heavy atom. The number of carbonyl (C=O) groups excluding carboxylic acids is 1. The first-order valence-corrected chi connectivity index (χ1v) is 7.84. The molecule has 0 spiro atoms. The number of aliphatic hydroxyl groups is 1. The van der Waals surface area contributed by atoms with Crippen molar-refractivity contribution in [2.75, 3.05) is 11.9 Å². The van der Waals surface area contributed by atoms with Gasteiger partial charge in [0.25, 0.3) is 0 Å². The Kier molecular flexibility index (Phi) is 3.95. The van der Waals surface area contributed by atoms with E-state index in [1.165, 1.54) is 11.3 Å². The van der Waals surface area contributed by atoms with Crippen LogP contribution in [0.4, 0.5) is 5.95 Å². The molecule has 3 rings (SSSR count). The average Bonchev–Trinajstić information content (AvgIpc) is 3.12. The number of amides is 1. The highest BCUT2D eigenvalue weighted by Gasteiger charge is 2.39. The molecule has 0 bridgehead atoms. The Morgan fingerprint density at radius 3 is 3.05 bits per heavy atom. The topological polar surface area (TPSA) is 106 Å². The molecule has 7 nitrogen and oxygen atoms in total. The van der Waals surface area contributed by atoms with Crippen LogP contribution in [0.15, 0.2) is 29.8 Å². The lowest BCUT2D eigenvalue weighted by molar-refractivity contribution is -0.121. The van der Waals surface area contributed by atoms with Gasteiger partial charge in [0.05, 0.1) is 0 Å². The molecule has 1 amide bonds. The van der Waals surface area contributed by atoms with Gasteiger partial charge in [-0.25, -0.2) is 4.68 Å². The number of nitrogens with zero attached hydrogens (tertiary/aromatic N) is 3. The van der Waals surface area contributed by atoms with E-state index in [4.69, 9.17) is 10.8 Å². The number of anilines is 1. The SMILES string of the molecule is C=C1Nc2nc(CCCO)nn2[C@H](c2cccs2)[C@H]1C(N)=O. The third-order valence-corrected chi connectivity index (χ3v) is 4.54. The number of fused-ring (bicyclic) bond motifs is 1. The number of carbonyl (C=O) groups is 1. The second-order valence-electron chi connectivity index (χ2n) is 5.11. The van der Waals surface area contributed by atoms with Crippen LogP contribution in [0.2, 0.25) is 0 Å². The summed E-state index contributed by atoms with van der Waals surface area (Å²) in [6, 6.07) is 3.53. The van der Waals surface area contributed by atoms with E-state index in [0.29, 0.717) is 30.3 Å². The van der Waals surface area contributed by atoms with E-state index in [2.05, 4.69) is 22.0 Å². The largest absolute Gasteiger partial charge is 0.396 e. The van der Waals surface area contributed by atoms with Crippen LogP contribution < -0.4 is 11.1 Å². The lowest BCUT2D eigenvalue weighted by atomic mass is 9.93. The van der Waals surface area contributed by atoms with Crippen molar-refractivity contribution in [3.63, 3.8) is 0 Å². The monoisotopic (exact) mass is 319 g/mol. The van der Waals surface area contributed by atoms with Gasteiger partial charge in [-0.3, -0.25) is 4.79 Å². The molecule has 2 atom stereocenters. The zero-order valence-electron chi connectivity index (χ0n) is 11.9. The first kappa shape index (κ1) is 14.7. The first-order valence-electron chi connectivity index (χ1n) is 6.96. The summed E-state index contributed by atoms with van der Waals surface area (Å²) in [4.78, 5) is 17.3. The standard InChI is InChI=1S/C14H17N5O2S/c1-8-11(13(15)21)12(9-4-3-7-22-9)19-14(16-8)17-10(18-19)5-2-6-20/h3-4,7,11-12,20H,1-2,5-6H2,(H2,15,21)(H,16,17,18)/t11-,12+/m0/s1. The number of hydrogen-bond donors (Lipinski definition) is 3. The summed E-state index contributed by atoms with van der Waals surface area (Å²) < 4.78 is 1.70. The van der Waals surface area contributed by atoms with E-state index in [9.17, 15) is 4.79 Å². The molecule has 0 aliphatic carbocycles. The number of nitrogens with one attached hydrogen (secondary N) is 1. The fraction of sp³-hybridized carbons (Fsp3) is 0.357. The maximum atomic E-state index is 11.9. The summed E-state index contributed by atoms with van der Waals surface area (Å²) in [5.41, 5.74) is 6.10. The summed E-state index contributed by atoms with van der Waals surface area (Å²) in [5.74, 6) is 0.136. The van der Waals surface area contributed by atoms with Crippen molar-refractivity contribution in [1.29, 1.82) is 0 Å².